The first kappa shape index (κ1) is 12.9. The molecule has 0 aromatic heterocycles. The lowest BCUT2D eigenvalue weighted by molar-refractivity contribution is 0.628. The van der Waals surface area contributed by atoms with Crippen LogP contribution >= 0.6 is 0 Å². The van der Waals surface area contributed by atoms with Gasteiger partial charge in [0.15, 0.2) is 0 Å². The smallest absolute Gasteiger partial charge is 0.123 e. The number of rotatable bonds is 3. The Kier molecular flexibility index (Phi) is 3.50. The van der Waals surface area contributed by atoms with Crippen LogP contribution in [0.15, 0.2) is 47.6 Å². The maximum Gasteiger partial charge on any atom is 0.123 e. The minimum absolute atomic E-state index is 0.241. The third-order valence-electron chi connectivity index (χ3n) is 3.71. The molecule has 2 nitrogen and oxygen atoms in total. The van der Waals surface area contributed by atoms with Crippen LogP contribution in [-0.2, 0) is 12.8 Å². The lowest BCUT2D eigenvalue weighted by Crippen LogP contribution is -2.00. The lowest BCUT2D eigenvalue weighted by atomic mass is 10.0. The normalized spacial score (nSPS) is 14.2. The molecule has 0 amide bonds. The van der Waals surface area contributed by atoms with E-state index in [1.54, 1.807) is 12.1 Å². The van der Waals surface area contributed by atoms with Gasteiger partial charge in [-0.25, -0.2) is 4.39 Å². The number of hydrogen-bond acceptors (Lipinski definition) is 2. The van der Waals surface area contributed by atoms with Crippen molar-refractivity contribution in [2.75, 3.05) is 5.43 Å². The molecule has 3 heteroatoms. The van der Waals surface area contributed by atoms with Crippen molar-refractivity contribution in [3.63, 3.8) is 0 Å². The Hall–Kier alpha value is -2.16. The fourth-order valence-corrected chi connectivity index (χ4v) is 2.53. The zero-order valence-electron chi connectivity index (χ0n) is 11.5. The summed E-state index contributed by atoms with van der Waals surface area (Å²) >= 11 is 0. The molecule has 0 radical (unpaired) electrons. The fourth-order valence-electron chi connectivity index (χ4n) is 2.53. The van der Waals surface area contributed by atoms with Gasteiger partial charge in [0.2, 0.25) is 0 Å². The van der Waals surface area contributed by atoms with Gasteiger partial charge in [-0.2, -0.15) is 5.10 Å². The van der Waals surface area contributed by atoms with E-state index >= 15 is 0 Å². The van der Waals surface area contributed by atoms with E-state index in [1.165, 1.54) is 42.5 Å². The topological polar surface area (TPSA) is 24.4 Å². The van der Waals surface area contributed by atoms with Gasteiger partial charge in [-0.1, -0.05) is 12.1 Å². The molecule has 20 heavy (non-hydrogen) atoms. The van der Waals surface area contributed by atoms with Crippen LogP contribution in [0.25, 0.3) is 0 Å². The van der Waals surface area contributed by atoms with E-state index in [-0.39, 0.29) is 5.82 Å². The van der Waals surface area contributed by atoms with E-state index in [4.69, 9.17) is 0 Å². The van der Waals surface area contributed by atoms with E-state index in [9.17, 15) is 4.39 Å². The molecular formula is C17H17FN2. The Morgan fingerprint density at radius 1 is 1.05 bits per heavy atom. The van der Waals surface area contributed by atoms with Crippen molar-refractivity contribution in [1.82, 2.24) is 0 Å². The van der Waals surface area contributed by atoms with Crippen LogP contribution in [-0.4, -0.2) is 5.71 Å². The van der Waals surface area contributed by atoms with Gasteiger partial charge in [0, 0.05) is 0 Å². The molecule has 0 unspecified atom stereocenters. The summed E-state index contributed by atoms with van der Waals surface area (Å²) in [5, 5.41) is 4.36. The van der Waals surface area contributed by atoms with Gasteiger partial charge in [0.1, 0.15) is 5.82 Å². The number of halogens is 1. The number of aryl methyl sites for hydroxylation is 2. The summed E-state index contributed by atoms with van der Waals surface area (Å²) in [5.74, 6) is -0.241. The number of hydrogen-bond donors (Lipinski definition) is 1. The molecule has 1 N–H and O–H groups in total. The van der Waals surface area contributed by atoms with Gasteiger partial charge < -0.3 is 0 Å². The van der Waals surface area contributed by atoms with Crippen LogP contribution < -0.4 is 5.43 Å². The number of nitrogens with one attached hydrogen (secondary N) is 1. The molecule has 1 aliphatic rings. The summed E-state index contributed by atoms with van der Waals surface area (Å²) in [7, 11) is 0. The van der Waals surface area contributed by atoms with Crippen molar-refractivity contribution >= 4 is 11.4 Å². The molecule has 0 bridgehead atoms. The van der Waals surface area contributed by atoms with Crippen LogP contribution in [0.3, 0.4) is 0 Å². The predicted octanol–water partition coefficient (Wildman–Crippen LogP) is 4.15. The third-order valence-corrected chi connectivity index (χ3v) is 3.71. The Morgan fingerprint density at radius 2 is 1.80 bits per heavy atom. The average molecular weight is 268 g/mol. The van der Waals surface area contributed by atoms with Gasteiger partial charge in [-0.15, -0.1) is 0 Å². The standard InChI is InChI=1S/C17H17FN2/c1-12(19-20-17-9-7-16(18)8-10-17)14-6-5-13-3-2-4-15(13)11-14/h5-11,20H,2-4H2,1H3/b19-12-. The van der Waals surface area contributed by atoms with Crippen molar-refractivity contribution in [3.05, 3.63) is 65.0 Å². The van der Waals surface area contributed by atoms with Crippen LogP contribution in [0.1, 0.15) is 30.0 Å². The third kappa shape index (κ3) is 2.72. The molecule has 0 spiro atoms. The molecule has 0 saturated carbocycles. The molecule has 0 fully saturated rings. The largest absolute Gasteiger partial charge is 0.278 e. The first-order valence-electron chi connectivity index (χ1n) is 6.90. The van der Waals surface area contributed by atoms with Crippen LogP contribution in [0.5, 0.6) is 0 Å². The van der Waals surface area contributed by atoms with Gasteiger partial charge in [0.25, 0.3) is 0 Å². The Morgan fingerprint density at radius 3 is 2.60 bits per heavy atom. The van der Waals surface area contributed by atoms with Crippen molar-refractivity contribution in [3.8, 4) is 0 Å². The Balaban J connectivity index is 1.76. The van der Waals surface area contributed by atoms with E-state index in [2.05, 4.69) is 28.7 Å². The first-order chi connectivity index (χ1) is 9.72. The van der Waals surface area contributed by atoms with Crippen molar-refractivity contribution in [2.45, 2.75) is 26.2 Å². The summed E-state index contributed by atoms with van der Waals surface area (Å²) in [6.07, 6.45) is 3.62. The second-order valence-electron chi connectivity index (χ2n) is 5.15. The maximum atomic E-state index is 12.8. The molecule has 0 saturated heterocycles. The number of fused-ring (bicyclic) bond motifs is 1. The van der Waals surface area contributed by atoms with Gasteiger partial charge in [-0.05, 0) is 73.2 Å². The summed E-state index contributed by atoms with van der Waals surface area (Å²) in [4.78, 5) is 0. The number of hydrazone groups is 1. The van der Waals surface area contributed by atoms with E-state index in [0.29, 0.717) is 0 Å². The highest BCUT2D eigenvalue weighted by atomic mass is 19.1. The second-order valence-corrected chi connectivity index (χ2v) is 5.15. The minimum atomic E-state index is -0.241. The monoisotopic (exact) mass is 268 g/mol. The molecule has 2 aromatic rings. The molecule has 0 aliphatic heterocycles. The highest BCUT2D eigenvalue weighted by molar-refractivity contribution is 5.99. The van der Waals surface area contributed by atoms with Gasteiger partial charge in [0.05, 0.1) is 11.4 Å². The zero-order valence-corrected chi connectivity index (χ0v) is 11.5. The quantitative estimate of drug-likeness (QED) is 0.656. The van der Waals surface area contributed by atoms with Crippen molar-refractivity contribution in [2.24, 2.45) is 5.10 Å². The van der Waals surface area contributed by atoms with Crippen LogP contribution in [0.2, 0.25) is 0 Å². The number of nitrogens with zero attached hydrogens (tertiary/aromatic N) is 1. The molecular weight excluding hydrogens is 251 g/mol. The van der Waals surface area contributed by atoms with E-state index in [0.717, 1.165) is 17.0 Å². The minimum Gasteiger partial charge on any atom is -0.278 e. The first-order valence-corrected chi connectivity index (χ1v) is 6.90. The lowest BCUT2D eigenvalue weighted by Gasteiger charge is -2.06. The van der Waals surface area contributed by atoms with Crippen molar-refractivity contribution in [1.29, 1.82) is 0 Å². The SMILES string of the molecule is C/C(=N/Nc1ccc(F)cc1)c1ccc2c(c1)CCC2. The van der Waals surface area contributed by atoms with Crippen LogP contribution in [0.4, 0.5) is 10.1 Å². The summed E-state index contributed by atoms with van der Waals surface area (Å²) in [6.45, 7) is 1.98. The van der Waals surface area contributed by atoms with Crippen molar-refractivity contribution < 1.29 is 4.39 Å². The molecule has 1 aliphatic carbocycles. The Bertz CT molecular complexity index is 645. The molecule has 102 valence electrons. The zero-order chi connectivity index (χ0) is 13.9. The average Bonchev–Trinajstić information content (AvgIpc) is 2.93. The second kappa shape index (κ2) is 5.45. The number of benzene rings is 2. The molecule has 3 rings (SSSR count). The van der Waals surface area contributed by atoms with E-state index < -0.39 is 0 Å². The van der Waals surface area contributed by atoms with Gasteiger partial charge in [-0.3, -0.25) is 5.43 Å². The van der Waals surface area contributed by atoms with E-state index in [1.807, 2.05) is 6.92 Å². The summed E-state index contributed by atoms with van der Waals surface area (Å²) in [5.41, 5.74) is 8.73. The Labute approximate surface area is 118 Å². The highest BCUT2D eigenvalue weighted by Crippen LogP contribution is 2.23. The molecule has 2 aromatic carbocycles. The summed E-state index contributed by atoms with van der Waals surface area (Å²) < 4.78 is 12.8. The predicted molar refractivity (Wildman–Crippen MR) is 80.7 cm³/mol. The maximum absolute atomic E-state index is 12.8. The molecule has 0 atom stereocenters. The summed E-state index contributed by atoms with van der Waals surface area (Å²) in [6, 6.07) is 12.7. The van der Waals surface area contributed by atoms with Gasteiger partial charge >= 0.3 is 0 Å². The molecule has 0 heterocycles. The highest BCUT2D eigenvalue weighted by Gasteiger charge is 2.11. The van der Waals surface area contributed by atoms with Crippen LogP contribution in [0, 0.1) is 5.82 Å². The fraction of sp³-hybridized carbons (Fsp3) is 0.235. The number of anilines is 1.